The van der Waals surface area contributed by atoms with Gasteiger partial charge in [0.05, 0.1) is 25.4 Å². The van der Waals surface area contributed by atoms with E-state index in [1.807, 2.05) is 36.1 Å². The van der Waals surface area contributed by atoms with E-state index in [1.54, 1.807) is 0 Å². The van der Waals surface area contributed by atoms with Crippen LogP contribution < -0.4 is 10.1 Å². The van der Waals surface area contributed by atoms with Crippen molar-refractivity contribution >= 4 is 6.03 Å². The Morgan fingerprint density at radius 2 is 2.20 bits per heavy atom. The van der Waals surface area contributed by atoms with Crippen LogP contribution in [0, 0.1) is 6.92 Å². The van der Waals surface area contributed by atoms with Gasteiger partial charge in [-0.1, -0.05) is 18.2 Å². The third-order valence-electron chi connectivity index (χ3n) is 5.10. The van der Waals surface area contributed by atoms with Crippen LogP contribution in [0.5, 0.6) is 5.75 Å². The number of likely N-dealkylation sites (N-methyl/N-ethyl adjacent to an activating group) is 1. The maximum absolute atomic E-state index is 12.4. The Bertz CT molecular complexity index is 581. The molecule has 2 heterocycles. The second-order valence-electron chi connectivity index (χ2n) is 6.89. The summed E-state index contributed by atoms with van der Waals surface area (Å²) in [6.45, 7) is 6.51. The van der Waals surface area contributed by atoms with Crippen molar-refractivity contribution in [2.24, 2.45) is 0 Å². The second kappa shape index (κ2) is 8.54. The number of amides is 2. The summed E-state index contributed by atoms with van der Waals surface area (Å²) in [4.78, 5) is 16.6. The van der Waals surface area contributed by atoms with Gasteiger partial charge in [0, 0.05) is 26.2 Å². The molecule has 0 spiro atoms. The molecule has 2 unspecified atom stereocenters. The number of para-hydroxylation sites is 1. The quantitative estimate of drug-likeness (QED) is 0.827. The number of piperidine rings is 1. The van der Waals surface area contributed by atoms with Crippen molar-refractivity contribution in [3.63, 3.8) is 0 Å². The average molecular weight is 347 g/mol. The zero-order valence-electron chi connectivity index (χ0n) is 15.2. The Morgan fingerprint density at radius 1 is 1.36 bits per heavy atom. The maximum Gasteiger partial charge on any atom is 0.317 e. The van der Waals surface area contributed by atoms with Gasteiger partial charge in [0.2, 0.25) is 0 Å². The van der Waals surface area contributed by atoms with Gasteiger partial charge in [-0.2, -0.15) is 0 Å². The molecule has 0 radical (unpaired) electrons. The van der Waals surface area contributed by atoms with Crippen LogP contribution in [0.4, 0.5) is 4.79 Å². The summed E-state index contributed by atoms with van der Waals surface area (Å²) < 4.78 is 11.6. The number of carbonyl (C=O) groups excluding carboxylic acids is 1. The number of morpholine rings is 1. The standard InChI is InChI=1S/C19H29N3O3/c1-15-6-3-4-7-17(15)24-12-5-9-20-19(23)22-10-8-18-16(14-22)21(2)11-13-25-18/h3-4,6-7,16,18H,5,8-14H2,1-2H3,(H,20,23). The van der Waals surface area contributed by atoms with Gasteiger partial charge in [0.15, 0.2) is 0 Å². The van der Waals surface area contributed by atoms with Gasteiger partial charge in [0.25, 0.3) is 0 Å². The summed E-state index contributed by atoms with van der Waals surface area (Å²) >= 11 is 0. The minimum Gasteiger partial charge on any atom is -0.493 e. The summed E-state index contributed by atoms with van der Waals surface area (Å²) in [5, 5.41) is 3.01. The van der Waals surface area contributed by atoms with Gasteiger partial charge in [-0.25, -0.2) is 4.79 Å². The highest BCUT2D eigenvalue weighted by molar-refractivity contribution is 5.74. The van der Waals surface area contributed by atoms with Crippen molar-refractivity contribution in [1.82, 2.24) is 15.1 Å². The largest absolute Gasteiger partial charge is 0.493 e. The highest BCUT2D eigenvalue weighted by Gasteiger charge is 2.36. The predicted octanol–water partition coefficient (Wildman–Crippen LogP) is 1.88. The fourth-order valence-electron chi connectivity index (χ4n) is 3.51. The molecule has 6 heteroatoms. The molecule has 0 aromatic heterocycles. The lowest BCUT2D eigenvalue weighted by atomic mass is 9.99. The van der Waals surface area contributed by atoms with Crippen molar-refractivity contribution < 1.29 is 14.3 Å². The molecule has 6 nitrogen and oxygen atoms in total. The predicted molar refractivity (Wildman–Crippen MR) is 97.0 cm³/mol. The molecule has 2 aliphatic heterocycles. The number of fused-ring (bicyclic) bond motifs is 1. The Kier molecular flexibility index (Phi) is 6.15. The summed E-state index contributed by atoms with van der Waals surface area (Å²) in [6.07, 6.45) is 1.98. The van der Waals surface area contributed by atoms with E-state index >= 15 is 0 Å². The molecule has 3 rings (SSSR count). The Labute approximate surface area is 150 Å². The molecular weight excluding hydrogens is 318 g/mol. The van der Waals surface area contributed by atoms with Crippen molar-refractivity contribution in [3.8, 4) is 5.75 Å². The van der Waals surface area contributed by atoms with Gasteiger partial charge in [-0.15, -0.1) is 0 Å². The Morgan fingerprint density at radius 3 is 3.04 bits per heavy atom. The lowest BCUT2D eigenvalue weighted by molar-refractivity contribution is -0.0881. The fraction of sp³-hybridized carbons (Fsp3) is 0.632. The summed E-state index contributed by atoms with van der Waals surface area (Å²) in [7, 11) is 2.12. The number of rotatable bonds is 5. The van der Waals surface area contributed by atoms with E-state index in [9.17, 15) is 4.79 Å². The molecular formula is C19H29N3O3. The molecule has 2 atom stereocenters. The normalized spacial score (nSPS) is 23.8. The lowest BCUT2D eigenvalue weighted by Crippen LogP contribution is -2.60. The van der Waals surface area contributed by atoms with Crippen LogP contribution >= 0.6 is 0 Å². The minimum atomic E-state index is 0.0216. The topological polar surface area (TPSA) is 54.0 Å². The molecule has 1 aromatic rings. The zero-order chi connectivity index (χ0) is 17.6. The number of carbonyl (C=O) groups is 1. The summed E-state index contributed by atoms with van der Waals surface area (Å²) in [6, 6.07) is 8.32. The van der Waals surface area contributed by atoms with Crippen LogP contribution in [0.25, 0.3) is 0 Å². The highest BCUT2D eigenvalue weighted by Crippen LogP contribution is 2.22. The molecule has 1 N–H and O–H groups in total. The van der Waals surface area contributed by atoms with Crippen molar-refractivity contribution in [2.75, 3.05) is 46.4 Å². The molecule has 2 amide bonds. The lowest BCUT2D eigenvalue weighted by Gasteiger charge is -2.45. The second-order valence-corrected chi connectivity index (χ2v) is 6.89. The van der Waals surface area contributed by atoms with E-state index in [0.717, 1.165) is 50.4 Å². The average Bonchev–Trinajstić information content (AvgIpc) is 2.63. The van der Waals surface area contributed by atoms with E-state index in [0.29, 0.717) is 19.2 Å². The smallest absolute Gasteiger partial charge is 0.317 e. The van der Waals surface area contributed by atoms with E-state index < -0.39 is 0 Å². The third-order valence-corrected chi connectivity index (χ3v) is 5.10. The van der Waals surface area contributed by atoms with Crippen LogP contribution in [0.1, 0.15) is 18.4 Å². The number of likely N-dealkylation sites (tertiary alicyclic amines) is 1. The number of aryl methyl sites for hydroxylation is 1. The monoisotopic (exact) mass is 347 g/mol. The number of nitrogens with one attached hydrogen (secondary N) is 1. The van der Waals surface area contributed by atoms with Crippen LogP contribution in [-0.2, 0) is 4.74 Å². The minimum absolute atomic E-state index is 0.0216. The number of benzene rings is 1. The van der Waals surface area contributed by atoms with E-state index in [1.165, 1.54) is 0 Å². The van der Waals surface area contributed by atoms with E-state index in [-0.39, 0.29) is 12.1 Å². The third kappa shape index (κ3) is 4.64. The van der Waals surface area contributed by atoms with Gasteiger partial charge in [-0.3, -0.25) is 4.90 Å². The van der Waals surface area contributed by atoms with Crippen LogP contribution in [-0.4, -0.2) is 74.4 Å². The Hall–Kier alpha value is -1.79. The van der Waals surface area contributed by atoms with Crippen LogP contribution in [0.2, 0.25) is 0 Å². The number of ether oxygens (including phenoxy) is 2. The number of urea groups is 1. The SMILES string of the molecule is Cc1ccccc1OCCCNC(=O)N1CCC2OCCN(C)C2C1. The zero-order valence-corrected chi connectivity index (χ0v) is 15.2. The van der Waals surface area contributed by atoms with Crippen LogP contribution in [0.3, 0.4) is 0 Å². The highest BCUT2D eigenvalue weighted by atomic mass is 16.5. The first-order valence-corrected chi connectivity index (χ1v) is 9.18. The maximum atomic E-state index is 12.4. The van der Waals surface area contributed by atoms with Crippen molar-refractivity contribution in [3.05, 3.63) is 29.8 Å². The number of nitrogens with zero attached hydrogens (tertiary/aromatic N) is 2. The first-order chi connectivity index (χ1) is 12.1. The van der Waals surface area contributed by atoms with Gasteiger partial charge in [0.1, 0.15) is 5.75 Å². The van der Waals surface area contributed by atoms with E-state index in [4.69, 9.17) is 9.47 Å². The number of hydrogen-bond acceptors (Lipinski definition) is 4. The van der Waals surface area contributed by atoms with Gasteiger partial charge >= 0.3 is 6.03 Å². The summed E-state index contributed by atoms with van der Waals surface area (Å²) in [5.41, 5.74) is 1.13. The van der Waals surface area contributed by atoms with Gasteiger partial charge in [-0.05, 0) is 38.4 Å². The molecule has 2 saturated heterocycles. The van der Waals surface area contributed by atoms with E-state index in [2.05, 4.69) is 17.3 Å². The first kappa shape index (κ1) is 18.0. The first-order valence-electron chi connectivity index (χ1n) is 9.18. The molecule has 0 saturated carbocycles. The van der Waals surface area contributed by atoms with Crippen molar-refractivity contribution in [2.45, 2.75) is 31.9 Å². The molecule has 0 bridgehead atoms. The molecule has 1 aromatic carbocycles. The fourth-order valence-corrected chi connectivity index (χ4v) is 3.51. The molecule has 2 fully saturated rings. The van der Waals surface area contributed by atoms with Crippen LogP contribution in [0.15, 0.2) is 24.3 Å². The Balaban J connectivity index is 1.36. The molecule has 2 aliphatic rings. The van der Waals surface area contributed by atoms with Gasteiger partial charge < -0.3 is 19.7 Å². The molecule has 25 heavy (non-hydrogen) atoms. The molecule has 0 aliphatic carbocycles. The number of hydrogen-bond donors (Lipinski definition) is 1. The summed E-state index contributed by atoms with van der Waals surface area (Å²) in [5.74, 6) is 0.913. The van der Waals surface area contributed by atoms with Crippen molar-refractivity contribution in [1.29, 1.82) is 0 Å². The molecule has 138 valence electrons.